The summed E-state index contributed by atoms with van der Waals surface area (Å²) in [5.74, 6) is 1.36. The molecule has 0 fully saturated rings. The molecule has 0 radical (unpaired) electrons. The lowest BCUT2D eigenvalue weighted by molar-refractivity contribution is 0.101. The number of Topliss-reactive ketones (excluding diaryl/α,β-unsaturated/α-hetero) is 1. The molecule has 5 heteroatoms. The fourth-order valence-corrected chi connectivity index (χ4v) is 3.25. The maximum Gasteiger partial charge on any atom is 0.231 e. The number of para-hydroxylation sites is 1. The monoisotopic (exact) mass is 368 g/mol. The lowest BCUT2D eigenvalue weighted by Gasteiger charge is -1.98. The Morgan fingerprint density at radius 3 is 2.68 bits per heavy atom. The average molecular weight is 368 g/mol. The van der Waals surface area contributed by atoms with Gasteiger partial charge in [-0.05, 0) is 49.4 Å². The van der Waals surface area contributed by atoms with Gasteiger partial charge < -0.3 is 9.15 Å². The smallest absolute Gasteiger partial charge is 0.231 e. The van der Waals surface area contributed by atoms with Crippen molar-refractivity contribution in [2.24, 2.45) is 0 Å². The highest BCUT2D eigenvalue weighted by molar-refractivity contribution is 6.14. The van der Waals surface area contributed by atoms with E-state index in [4.69, 9.17) is 9.15 Å². The minimum absolute atomic E-state index is 0.128. The molecule has 2 aromatic heterocycles. The van der Waals surface area contributed by atoms with Crippen LogP contribution in [0.2, 0.25) is 0 Å². The Balaban J connectivity index is 1.61. The highest BCUT2D eigenvalue weighted by Crippen LogP contribution is 2.34. The van der Waals surface area contributed by atoms with E-state index < -0.39 is 0 Å². The quantitative estimate of drug-likeness (QED) is 0.475. The number of benzene rings is 2. The normalized spacial score (nSPS) is 14.3. The molecule has 0 saturated carbocycles. The number of furan rings is 1. The maximum absolute atomic E-state index is 12.8. The molecular weight excluding hydrogens is 352 g/mol. The summed E-state index contributed by atoms with van der Waals surface area (Å²) in [5, 5.41) is 4.66. The fraction of sp³-hybridized carbons (Fsp3) is 0.0435. The zero-order valence-electron chi connectivity index (χ0n) is 15.1. The van der Waals surface area contributed by atoms with Gasteiger partial charge in [0.15, 0.2) is 11.5 Å². The lowest BCUT2D eigenvalue weighted by Crippen LogP contribution is -1.98. The third-order valence-electron chi connectivity index (χ3n) is 4.63. The van der Waals surface area contributed by atoms with E-state index in [1.807, 2.05) is 73.8 Å². The van der Waals surface area contributed by atoms with Crippen LogP contribution in [0.15, 0.2) is 83.3 Å². The number of ether oxygens (including phenoxy) is 1. The summed E-state index contributed by atoms with van der Waals surface area (Å²) >= 11 is 0. The lowest BCUT2D eigenvalue weighted by atomic mass is 10.1. The maximum atomic E-state index is 12.8. The number of carbonyl (C=O) groups excluding carboxylic acids is 1. The van der Waals surface area contributed by atoms with Crippen LogP contribution in [-0.4, -0.2) is 15.6 Å². The molecule has 2 aromatic carbocycles. The van der Waals surface area contributed by atoms with Crippen LogP contribution in [0, 0.1) is 6.92 Å². The highest BCUT2D eigenvalue weighted by Gasteiger charge is 2.28. The van der Waals surface area contributed by atoms with Gasteiger partial charge in [0.2, 0.25) is 5.78 Å². The van der Waals surface area contributed by atoms with Crippen molar-refractivity contribution in [3.05, 3.63) is 95.6 Å². The van der Waals surface area contributed by atoms with Crippen LogP contribution in [0.5, 0.6) is 5.75 Å². The molecule has 136 valence electrons. The van der Waals surface area contributed by atoms with Gasteiger partial charge in [-0.3, -0.25) is 4.79 Å². The van der Waals surface area contributed by atoms with Gasteiger partial charge >= 0.3 is 0 Å². The predicted octanol–water partition coefficient (Wildman–Crippen LogP) is 5.06. The molecule has 0 saturated heterocycles. The molecule has 0 N–H and O–H groups in total. The zero-order chi connectivity index (χ0) is 19.1. The highest BCUT2D eigenvalue weighted by atomic mass is 16.5. The van der Waals surface area contributed by atoms with Gasteiger partial charge in [0, 0.05) is 11.8 Å². The standard InChI is InChI=1S/C23H16N2O3/c1-15-9-10-19-18(12-15)23(26)21(28-19)13-16-14-25(17-6-3-2-4-7-17)24-22(16)20-8-5-11-27-20/h2-14H,1H3/b21-13-. The Bertz CT molecular complexity index is 1200. The van der Waals surface area contributed by atoms with E-state index in [9.17, 15) is 4.79 Å². The molecule has 4 aromatic rings. The first-order valence-electron chi connectivity index (χ1n) is 8.93. The van der Waals surface area contributed by atoms with Gasteiger partial charge in [-0.25, -0.2) is 4.68 Å². The number of nitrogens with zero attached hydrogens (tertiary/aromatic N) is 2. The molecule has 1 aliphatic heterocycles. The van der Waals surface area contributed by atoms with Crippen molar-refractivity contribution < 1.29 is 13.9 Å². The number of rotatable bonds is 3. The van der Waals surface area contributed by atoms with Crippen LogP contribution >= 0.6 is 0 Å². The number of hydrogen-bond donors (Lipinski definition) is 0. The van der Waals surface area contributed by atoms with Gasteiger partial charge in [0.1, 0.15) is 11.4 Å². The van der Waals surface area contributed by atoms with Crippen molar-refractivity contribution in [1.82, 2.24) is 9.78 Å². The Morgan fingerprint density at radius 2 is 1.89 bits per heavy atom. The second-order valence-electron chi connectivity index (χ2n) is 6.63. The molecule has 5 rings (SSSR count). The minimum Gasteiger partial charge on any atom is -0.463 e. The summed E-state index contributed by atoms with van der Waals surface area (Å²) < 4.78 is 13.1. The summed E-state index contributed by atoms with van der Waals surface area (Å²) in [6, 6.07) is 19.0. The van der Waals surface area contributed by atoms with Crippen LogP contribution in [0.1, 0.15) is 21.5 Å². The molecular formula is C23H16N2O3. The molecule has 0 amide bonds. The first-order valence-corrected chi connectivity index (χ1v) is 8.93. The average Bonchev–Trinajstić information content (AvgIpc) is 3.44. The van der Waals surface area contributed by atoms with E-state index in [1.54, 1.807) is 17.0 Å². The number of allylic oxidation sites excluding steroid dienone is 1. The Morgan fingerprint density at radius 1 is 1.04 bits per heavy atom. The number of fused-ring (bicyclic) bond motifs is 1. The summed E-state index contributed by atoms with van der Waals surface area (Å²) in [6.07, 6.45) is 5.19. The molecule has 28 heavy (non-hydrogen) atoms. The third kappa shape index (κ3) is 2.74. The van der Waals surface area contributed by atoms with E-state index in [0.29, 0.717) is 22.8 Å². The van der Waals surface area contributed by atoms with Crippen molar-refractivity contribution in [3.8, 4) is 22.9 Å². The molecule has 0 spiro atoms. The first kappa shape index (κ1) is 16.3. The second-order valence-corrected chi connectivity index (χ2v) is 6.63. The number of ketones is 1. The van der Waals surface area contributed by atoms with E-state index in [2.05, 4.69) is 5.10 Å². The fourth-order valence-electron chi connectivity index (χ4n) is 3.25. The van der Waals surface area contributed by atoms with Gasteiger partial charge in [-0.15, -0.1) is 0 Å². The summed E-state index contributed by atoms with van der Waals surface area (Å²) in [6.45, 7) is 1.95. The van der Waals surface area contributed by atoms with E-state index in [1.165, 1.54) is 0 Å². The number of hydrogen-bond acceptors (Lipinski definition) is 4. The van der Waals surface area contributed by atoms with Crippen molar-refractivity contribution >= 4 is 11.9 Å². The first-order chi connectivity index (χ1) is 13.7. The summed E-state index contributed by atoms with van der Waals surface area (Å²) in [4.78, 5) is 12.8. The topological polar surface area (TPSA) is 57.3 Å². The summed E-state index contributed by atoms with van der Waals surface area (Å²) in [5.41, 5.74) is 3.90. The molecule has 3 heterocycles. The van der Waals surface area contributed by atoms with Crippen LogP contribution in [0.25, 0.3) is 23.2 Å². The molecule has 1 aliphatic rings. The number of carbonyl (C=O) groups is 1. The van der Waals surface area contributed by atoms with E-state index in [0.717, 1.165) is 16.8 Å². The molecule has 0 bridgehead atoms. The third-order valence-corrected chi connectivity index (χ3v) is 4.63. The Hall–Kier alpha value is -3.86. The van der Waals surface area contributed by atoms with E-state index >= 15 is 0 Å². The molecule has 0 atom stereocenters. The second kappa shape index (κ2) is 6.39. The van der Waals surface area contributed by atoms with Crippen LogP contribution in [-0.2, 0) is 0 Å². The number of aromatic nitrogens is 2. The minimum atomic E-state index is -0.128. The van der Waals surface area contributed by atoms with Crippen molar-refractivity contribution in [3.63, 3.8) is 0 Å². The SMILES string of the molecule is Cc1ccc2c(c1)C(=O)/C(=C/c1cn(-c3ccccc3)nc1-c1ccco1)O2. The van der Waals surface area contributed by atoms with Crippen molar-refractivity contribution in [1.29, 1.82) is 0 Å². The number of aryl methyl sites for hydroxylation is 1. The Labute approximate surface area is 161 Å². The van der Waals surface area contributed by atoms with Gasteiger partial charge in [0.05, 0.1) is 17.5 Å². The molecule has 0 unspecified atom stereocenters. The predicted molar refractivity (Wildman–Crippen MR) is 105 cm³/mol. The van der Waals surface area contributed by atoms with Crippen molar-refractivity contribution in [2.45, 2.75) is 6.92 Å². The van der Waals surface area contributed by atoms with Gasteiger partial charge in [-0.2, -0.15) is 5.10 Å². The van der Waals surface area contributed by atoms with Gasteiger partial charge in [0.25, 0.3) is 0 Å². The van der Waals surface area contributed by atoms with Crippen LogP contribution < -0.4 is 4.74 Å². The molecule has 5 nitrogen and oxygen atoms in total. The van der Waals surface area contributed by atoms with Crippen molar-refractivity contribution in [2.75, 3.05) is 0 Å². The largest absolute Gasteiger partial charge is 0.463 e. The van der Waals surface area contributed by atoms with E-state index in [-0.39, 0.29) is 11.5 Å². The summed E-state index contributed by atoms with van der Waals surface area (Å²) in [7, 11) is 0. The molecule has 0 aliphatic carbocycles. The van der Waals surface area contributed by atoms with Crippen LogP contribution in [0.3, 0.4) is 0 Å². The van der Waals surface area contributed by atoms with Crippen LogP contribution in [0.4, 0.5) is 0 Å². The van der Waals surface area contributed by atoms with Gasteiger partial charge in [-0.1, -0.05) is 29.8 Å². The Kier molecular flexibility index (Phi) is 3.72. The zero-order valence-corrected chi connectivity index (χ0v) is 15.1.